The van der Waals surface area contributed by atoms with Crippen molar-refractivity contribution in [2.45, 2.75) is 31.7 Å². The summed E-state index contributed by atoms with van der Waals surface area (Å²) in [4.78, 5) is 18.7. The molecule has 1 unspecified atom stereocenters. The van der Waals surface area contributed by atoms with E-state index in [1.807, 2.05) is 28.8 Å². The van der Waals surface area contributed by atoms with Crippen LogP contribution >= 0.6 is 23.7 Å². The summed E-state index contributed by atoms with van der Waals surface area (Å²) in [6, 6.07) is 2.28. The number of hydrogen-bond acceptors (Lipinski definition) is 6. The van der Waals surface area contributed by atoms with Crippen LogP contribution in [0.2, 0.25) is 0 Å². The van der Waals surface area contributed by atoms with E-state index in [2.05, 4.69) is 15.5 Å². The van der Waals surface area contributed by atoms with Crippen molar-refractivity contribution in [3.05, 3.63) is 22.7 Å². The topological polar surface area (TPSA) is 71.3 Å². The number of hydrogen-bond donors (Lipinski definition) is 1. The maximum absolute atomic E-state index is 12.3. The van der Waals surface area contributed by atoms with Crippen molar-refractivity contribution in [2.75, 3.05) is 20.1 Å². The zero-order valence-electron chi connectivity index (χ0n) is 13.0. The smallest absolute Gasteiger partial charge is 0.227 e. The Balaban J connectivity index is 0.00000192. The van der Waals surface area contributed by atoms with Crippen molar-refractivity contribution in [1.82, 2.24) is 20.4 Å². The van der Waals surface area contributed by atoms with Gasteiger partial charge in [0.15, 0.2) is 0 Å². The standard InChI is InChI=1S/C15H20N4O2S.ClH/c1-16-9-12-3-2-7-19(12)14(20)5-4-13-17-15(18-21-13)11-6-8-22-10-11;/h6,8,10,12,16H,2-5,7,9H2,1H3;1H. The van der Waals surface area contributed by atoms with Crippen LogP contribution in [0, 0.1) is 0 Å². The number of nitrogens with one attached hydrogen (secondary N) is 1. The maximum atomic E-state index is 12.3. The minimum Gasteiger partial charge on any atom is -0.339 e. The summed E-state index contributed by atoms with van der Waals surface area (Å²) >= 11 is 1.60. The van der Waals surface area contributed by atoms with Crippen LogP contribution in [0.5, 0.6) is 0 Å². The van der Waals surface area contributed by atoms with Crippen LogP contribution in [0.1, 0.15) is 25.2 Å². The Hall–Kier alpha value is -1.44. The van der Waals surface area contributed by atoms with E-state index in [-0.39, 0.29) is 18.3 Å². The molecule has 1 fully saturated rings. The fourth-order valence-corrected chi connectivity index (χ4v) is 3.47. The number of rotatable bonds is 6. The molecule has 1 atom stereocenters. The minimum absolute atomic E-state index is 0. The molecule has 2 aromatic rings. The van der Waals surface area contributed by atoms with E-state index in [0.29, 0.717) is 30.6 Å². The maximum Gasteiger partial charge on any atom is 0.227 e. The predicted octanol–water partition coefficient (Wildman–Crippen LogP) is 2.36. The largest absolute Gasteiger partial charge is 0.339 e. The number of carbonyl (C=O) groups is 1. The van der Waals surface area contributed by atoms with Crippen molar-refractivity contribution in [2.24, 2.45) is 0 Å². The molecule has 8 heteroatoms. The molecule has 0 aliphatic carbocycles. The lowest BCUT2D eigenvalue weighted by molar-refractivity contribution is -0.132. The Labute approximate surface area is 145 Å². The Bertz CT molecular complexity index is 617. The van der Waals surface area contributed by atoms with Crippen LogP contribution in [0.25, 0.3) is 11.4 Å². The lowest BCUT2D eigenvalue weighted by Crippen LogP contribution is -2.40. The number of aromatic nitrogens is 2. The van der Waals surface area contributed by atoms with Gasteiger partial charge in [0.05, 0.1) is 0 Å². The third kappa shape index (κ3) is 4.31. The second kappa shape index (κ2) is 8.42. The summed E-state index contributed by atoms with van der Waals surface area (Å²) in [7, 11) is 1.92. The molecular weight excluding hydrogens is 336 g/mol. The van der Waals surface area contributed by atoms with Crippen LogP contribution in [-0.2, 0) is 11.2 Å². The molecule has 3 heterocycles. The highest BCUT2D eigenvalue weighted by Gasteiger charge is 2.27. The molecule has 6 nitrogen and oxygen atoms in total. The van der Waals surface area contributed by atoms with Crippen molar-refractivity contribution in [3.8, 4) is 11.4 Å². The Morgan fingerprint density at radius 1 is 1.57 bits per heavy atom. The molecule has 0 aromatic carbocycles. The van der Waals surface area contributed by atoms with Crippen LogP contribution < -0.4 is 5.32 Å². The highest BCUT2D eigenvalue weighted by atomic mass is 35.5. The van der Waals surface area contributed by atoms with Gasteiger partial charge in [0.2, 0.25) is 17.6 Å². The van der Waals surface area contributed by atoms with Gasteiger partial charge in [-0.05, 0) is 31.3 Å². The zero-order chi connectivity index (χ0) is 15.4. The van der Waals surface area contributed by atoms with Crippen molar-refractivity contribution < 1.29 is 9.32 Å². The van der Waals surface area contributed by atoms with Crippen LogP contribution in [0.15, 0.2) is 21.3 Å². The molecule has 1 N–H and O–H groups in total. The van der Waals surface area contributed by atoms with Gasteiger partial charge in [-0.2, -0.15) is 16.3 Å². The SMILES string of the molecule is CNCC1CCCN1C(=O)CCc1nc(-c2ccsc2)no1.Cl. The van der Waals surface area contributed by atoms with E-state index in [1.54, 1.807) is 11.3 Å². The monoisotopic (exact) mass is 356 g/mol. The second-order valence-electron chi connectivity index (χ2n) is 5.46. The summed E-state index contributed by atoms with van der Waals surface area (Å²) in [5, 5.41) is 11.1. The highest BCUT2D eigenvalue weighted by molar-refractivity contribution is 7.08. The second-order valence-corrected chi connectivity index (χ2v) is 6.24. The fraction of sp³-hybridized carbons (Fsp3) is 0.533. The van der Waals surface area contributed by atoms with E-state index in [0.717, 1.165) is 31.5 Å². The first-order valence-corrected chi connectivity index (χ1v) is 8.51. The van der Waals surface area contributed by atoms with Crippen molar-refractivity contribution in [1.29, 1.82) is 0 Å². The predicted molar refractivity (Wildman–Crippen MR) is 91.8 cm³/mol. The van der Waals surface area contributed by atoms with E-state index >= 15 is 0 Å². The average Bonchev–Trinajstić information content (AvgIpc) is 3.25. The van der Waals surface area contributed by atoms with E-state index < -0.39 is 0 Å². The average molecular weight is 357 g/mol. The number of halogens is 1. The fourth-order valence-electron chi connectivity index (χ4n) is 2.83. The zero-order valence-corrected chi connectivity index (χ0v) is 14.7. The third-order valence-corrected chi connectivity index (χ3v) is 4.62. The van der Waals surface area contributed by atoms with E-state index in [9.17, 15) is 4.79 Å². The molecule has 23 heavy (non-hydrogen) atoms. The lowest BCUT2D eigenvalue weighted by Gasteiger charge is -2.24. The van der Waals surface area contributed by atoms with Crippen LogP contribution in [0.3, 0.4) is 0 Å². The quantitative estimate of drug-likeness (QED) is 0.860. The molecule has 3 rings (SSSR count). The van der Waals surface area contributed by atoms with E-state index in [1.165, 1.54) is 0 Å². The third-order valence-electron chi connectivity index (χ3n) is 3.94. The summed E-state index contributed by atoms with van der Waals surface area (Å²) in [5.41, 5.74) is 0.958. The summed E-state index contributed by atoms with van der Waals surface area (Å²) < 4.78 is 5.24. The Kier molecular flexibility index (Phi) is 6.56. The molecular formula is C15H21ClN4O2S. The summed E-state index contributed by atoms with van der Waals surface area (Å²) in [5.74, 6) is 1.30. The Morgan fingerprint density at radius 3 is 3.17 bits per heavy atom. The molecule has 0 saturated carbocycles. The molecule has 1 aliphatic heterocycles. The van der Waals surface area contributed by atoms with Crippen LogP contribution in [-0.4, -0.2) is 47.1 Å². The summed E-state index contributed by atoms with van der Waals surface area (Å²) in [6.07, 6.45) is 3.08. The van der Waals surface area contributed by atoms with E-state index in [4.69, 9.17) is 4.52 Å². The molecule has 2 aromatic heterocycles. The molecule has 1 saturated heterocycles. The van der Waals surface area contributed by atoms with Crippen molar-refractivity contribution in [3.63, 3.8) is 0 Å². The Morgan fingerprint density at radius 2 is 2.43 bits per heavy atom. The number of aryl methyl sites for hydroxylation is 1. The van der Waals surface area contributed by atoms with Gasteiger partial charge in [0.25, 0.3) is 0 Å². The lowest BCUT2D eigenvalue weighted by atomic mass is 10.2. The first-order valence-electron chi connectivity index (χ1n) is 7.57. The number of amides is 1. The van der Waals surface area contributed by atoms with Gasteiger partial charge in [-0.15, -0.1) is 12.4 Å². The molecule has 0 bridgehead atoms. The number of thiophene rings is 1. The van der Waals surface area contributed by atoms with Gasteiger partial charge >= 0.3 is 0 Å². The first-order chi connectivity index (χ1) is 10.8. The number of likely N-dealkylation sites (N-methyl/N-ethyl adjacent to an activating group) is 1. The minimum atomic E-state index is 0. The molecule has 0 radical (unpaired) electrons. The van der Waals surface area contributed by atoms with Gasteiger partial charge < -0.3 is 14.7 Å². The molecule has 1 amide bonds. The van der Waals surface area contributed by atoms with Gasteiger partial charge in [-0.3, -0.25) is 4.79 Å². The molecule has 1 aliphatic rings. The molecule has 0 spiro atoms. The number of likely N-dealkylation sites (tertiary alicyclic amines) is 1. The number of nitrogens with zero attached hydrogens (tertiary/aromatic N) is 3. The van der Waals surface area contributed by atoms with Gasteiger partial charge in [-0.25, -0.2) is 0 Å². The van der Waals surface area contributed by atoms with Gasteiger partial charge in [0.1, 0.15) is 0 Å². The highest BCUT2D eigenvalue weighted by Crippen LogP contribution is 2.20. The van der Waals surface area contributed by atoms with Crippen molar-refractivity contribution >= 4 is 29.7 Å². The normalized spacial score (nSPS) is 17.3. The molecule has 126 valence electrons. The van der Waals surface area contributed by atoms with Crippen LogP contribution in [0.4, 0.5) is 0 Å². The number of carbonyl (C=O) groups excluding carboxylic acids is 1. The van der Waals surface area contributed by atoms with Gasteiger partial charge in [0, 0.05) is 42.9 Å². The first kappa shape index (κ1) is 17.9. The summed E-state index contributed by atoms with van der Waals surface area (Å²) in [6.45, 7) is 1.71. The van der Waals surface area contributed by atoms with Gasteiger partial charge in [-0.1, -0.05) is 5.16 Å².